The average Bonchev–Trinajstić information content (AvgIpc) is 2.28. The zero-order chi connectivity index (χ0) is 12.8. The molecule has 0 spiro atoms. The number of anilines is 2. The number of nitrogens with two attached hydrogens (primary N) is 1. The summed E-state index contributed by atoms with van der Waals surface area (Å²) in [7, 11) is 0. The minimum Gasteiger partial charge on any atom is -0.478 e. The van der Waals surface area contributed by atoms with Crippen LogP contribution >= 0.6 is 0 Å². The first-order chi connectivity index (χ1) is 8.06. The van der Waals surface area contributed by atoms with Crippen molar-refractivity contribution < 1.29 is 14.6 Å². The molecule has 0 saturated heterocycles. The van der Waals surface area contributed by atoms with Crippen molar-refractivity contribution in [1.29, 1.82) is 0 Å². The van der Waals surface area contributed by atoms with Crippen molar-refractivity contribution in [3.63, 3.8) is 0 Å². The molecule has 1 atom stereocenters. The SMILES string of the molecule is CCOCC(C)Nc1c(N)cccc1C(=O)O. The van der Waals surface area contributed by atoms with Gasteiger partial charge in [0.25, 0.3) is 0 Å². The lowest BCUT2D eigenvalue weighted by Crippen LogP contribution is -2.23. The van der Waals surface area contributed by atoms with Crippen LogP contribution < -0.4 is 11.1 Å². The topological polar surface area (TPSA) is 84.6 Å². The van der Waals surface area contributed by atoms with Crippen molar-refractivity contribution in [1.82, 2.24) is 0 Å². The third-order valence-corrected chi connectivity index (χ3v) is 2.29. The Morgan fingerprint density at radius 2 is 2.29 bits per heavy atom. The fourth-order valence-corrected chi connectivity index (χ4v) is 1.49. The zero-order valence-electron chi connectivity index (χ0n) is 10.1. The van der Waals surface area contributed by atoms with E-state index < -0.39 is 5.97 Å². The van der Waals surface area contributed by atoms with Gasteiger partial charge in [0.05, 0.1) is 23.5 Å². The van der Waals surface area contributed by atoms with E-state index >= 15 is 0 Å². The number of rotatable bonds is 6. The lowest BCUT2D eigenvalue weighted by atomic mass is 10.1. The van der Waals surface area contributed by atoms with Gasteiger partial charge < -0.3 is 20.9 Å². The molecule has 0 saturated carbocycles. The van der Waals surface area contributed by atoms with Gasteiger partial charge in [-0.3, -0.25) is 0 Å². The fraction of sp³-hybridized carbons (Fsp3) is 0.417. The molecule has 1 unspecified atom stereocenters. The van der Waals surface area contributed by atoms with Gasteiger partial charge in [0.15, 0.2) is 0 Å². The second-order valence-electron chi connectivity index (χ2n) is 3.78. The van der Waals surface area contributed by atoms with Crippen LogP contribution in [0, 0.1) is 0 Å². The Morgan fingerprint density at radius 3 is 2.88 bits per heavy atom. The largest absolute Gasteiger partial charge is 0.478 e. The Kier molecular flexibility index (Phi) is 4.78. The third kappa shape index (κ3) is 3.64. The molecule has 0 aliphatic carbocycles. The van der Waals surface area contributed by atoms with Crippen LogP contribution in [0.5, 0.6) is 0 Å². The highest BCUT2D eigenvalue weighted by Crippen LogP contribution is 2.24. The van der Waals surface area contributed by atoms with Crippen LogP contribution in [0.1, 0.15) is 24.2 Å². The minimum atomic E-state index is -0.997. The maximum Gasteiger partial charge on any atom is 0.337 e. The number of aromatic carboxylic acids is 1. The molecule has 17 heavy (non-hydrogen) atoms. The maximum absolute atomic E-state index is 11.0. The molecule has 5 nitrogen and oxygen atoms in total. The molecule has 0 bridgehead atoms. The number of hydrogen-bond acceptors (Lipinski definition) is 4. The highest BCUT2D eigenvalue weighted by Gasteiger charge is 2.14. The summed E-state index contributed by atoms with van der Waals surface area (Å²) in [6.45, 7) is 4.95. The molecular formula is C12H18N2O3. The summed E-state index contributed by atoms with van der Waals surface area (Å²) in [4.78, 5) is 11.0. The van der Waals surface area contributed by atoms with Crippen molar-refractivity contribution >= 4 is 17.3 Å². The molecule has 1 aromatic rings. The lowest BCUT2D eigenvalue weighted by molar-refractivity contribution is 0.0697. The summed E-state index contributed by atoms with van der Waals surface area (Å²) < 4.78 is 5.26. The molecule has 0 aromatic heterocycles. The minimum absolute atomic E-state index is 0.00208. The van der Waals surface area contributed by atoms with E-state index in [1.165, 1.54) is 6.07 Å². The quantitative estimate of drug-likeness (QED) is 0.658. The Balaban J connectivity index is 2.85. The predicted octanol–water partition coefficient (Wildman–Crippen LogP) is 1.80. The summed E-state index contributed by atoms with van der Waals surface area (Å²) in [5, 5.41) is 12.1. The number of carbonyl (C=O) groups is 1. The van der Waals surface area contributed by atoms with Gasteiger partial charge in [-0.05, 0) is 26.0 Å². The molecule has 94 valence electrons. The van der Waals surface area contributed by atoms with Crippen LogP contribution in [-0.4, -0.2) is 30.3 Å². The molecule has 0 amide bonds. The van der Waals surface area contributed by atoms with Crippen molar-refractivity contribution in [3.8, 4) is 0 Å². The van der Waals surface area contributed by atoms with Gasteiger partial charge >= 0.3 is 5.97 Å². The second kappa shape index (κ2) is 6.10. The van der Waals surface area contributed by atoms with Crippen LogP contribution in [0.15, 0.2) is 18.2 Å². The van der Waals surface area contributed by atoms with Crippen LogP contribution in [0.3, 0.4) is 0 Å². The van der Waals surface area contributed by atoms with E-state index in [-0.39, 0.29) is 11.6 Å². The van der Waals surface area contributed by atoms with Gasteiger partial charge in [-0.1, -0.05) is 6.07 Å². The standard InChI is InChI=1S/C12H18N2O3/c1-3-17-7-8(2)14-11-9(12(15)16)5-4-6-10(11)13/h4-6,8,14H,3,7,13H2,1-2H3,(H,15,16). The molecular weight excluding hydrogens is 220 g/mol. The monoisotopic (exact) mass is 238 g/mol. The highest BCUT2D eigenvalue weighted by atomic mass is 16.5. The van der Waals surface area contributed by atoms with Gasteiger partial charge in [-0.25, -0.2) is 4.79 Å². The summed E-state index contributed by atoms with van der Waals surface area (Å²) in [6, 6.07) is 4.81. The molecule has 4 N–H and O–H groups in total. The molecule has 5 heteroatoms. The fourth-order valence-electron chi connectivity index (χ4n) is 1.49. The predicted molar refractivity (Wildman–Crippen MR) is 67.4 cm³/mol. The maximum atomic E-state index is 11.0. The Morgan fingerprint density at radius 1 is 1.59 bits per heavy atom. The summed E-state index contributed by atoms with van der Waals surface area (Å²) in [5.41, 5.74) is 6.82. The molecule has 1 aromatic carbocycles. The van der Waals surface area contributed by atoms with E-state index in [1.54, 1.807) is 12.1 Å². The number of carboxylic acid groups (broad SMARTS) is 1. The van der Waals surface area contributed by atoms with Crippen molar-refractivity contribution in [2.75, 3.05) is 24.3 Å². The van der Waals surface area contributed by atoms with Gasteiger partial charge in [-0.2, -0.15) is 0 Å². The summed E-state index contributed by atoms with van der Waals surface area (Å²) in [5.74, 6) is -0.997. The number of benzene rings is 1. The number of nitrogens with one attached hydrogen (secondary N) is 1. The van der Waals surface area contributed by atoms with E-state index in [9.17, 15) is 4.79 Å². The lowest BCUT2D eigenvalue weighted by Gasteiger charge is -2.18. The summed E-state index contributed by atoms with van der Waals surface area (Å²) in [6.07, 6.45) is 0. The third-order valence-electron chi connectivity index (χ3n) is 2.29. The Bertz CT molecular complexity index is 393. The number of ether oxygens (including phenoxy) is 1. The molecule has 0 radical (unpaired) electrons. The van der Waals surface area contributed by atoms with Gasteiger partial charge in [0, 0.05) is 12.6 Å². The van der Waals surface area contributed by atoms with E-state index in [0.717, 1.165) is 0 Å². The van der Waals surface area contributed by atoms with Gasteiger partial charge in [-0.15, -0.1) is 0 Å². The van der Waals surface area contributed by atoms with E-state index in [2.05, 4.69) is 5.32 Å². The summed E-state index contributed by atoms with van der Waals surface area (Å²) >= 11 is 0. The first kappa shape index (κ1) is 13.3. The van der Waals surface area contributed by atoms with Crippen LogP contribution in [0.25, 0.3) is 0 Å². The normalized spacial score (nSPS) is 12.1. The van der Waals surface area contributed by atoms with Crippen molar-refractivity contribution in [2.45, 2.75) is 19.9 Å². The first-order valence-electron chi connectivity index (χ1n) is 5.52. The molecule has 0 aliphatic heterocycles. The van der Waals surface area contributed by atoms with Gasteiger partial charge in [0.1, 0.15) is 0 Å². The Hall–Kier alpha value is -1.75. The molecule has 1 rings (SSSR count). The van der Waals surface area contributed by atoms with E-state index in [1.807, 2.05) is 13.8 Å². The van der Waals surface area contributed by atoms with Crippen LogP contribution in [0.2, 0.25) is 0 Å². The second-order valence-corrected chi connectivity index (χ2v) is 3.78. The first-order valence-corrected chi connectivity index (χ1v) is 5.52. The van der Waals surface area contributed by atoms with Gasteiger partial charge in [0.2, 0.25) is 0 Å². The Labute approximate surface area is 101 Å². The molecule has 0 aliphatic rings. The van der Waals surface area contributed by atoms with E-state index in [4.69, 9.17) is 15.6 Å². The molecule has 0 fully saturated rings. The van der Waals surface area contributed by atoms with E-state index in [0.29, 0.717) is 24.6 Å². The van der Waals surface area contributed by atoms with Crippen molar-refractivity contribution in [3.05, 3.63) is 23.8 Å². The molecule has 0 heterocycles. The van der Waals surface area contributed by atoms with Crippen molar-refractivity contribution in [2.24, 2.45) is 0 Å². The smallest absolute Gasteiger partial charge is 0.337 e. The highest BCUT2D eigenvalue weighted by molar-refractivity contribution is 5.97. The number of nitrogen functional groups attached to an aromatic ring is 1. The number of hydrogen-bond donors (Lipinski definition) is 3. The van der Waals surface area contributed by atoms with Crippen LogP contribution in [-0.2, 0) is 4.74 Å². The number of carboxylic acids is 1. The average molecular weight is 238 g/mol. The zero-order valence-corrected chi connectivity index (χ0v) is 10.1. The number of para-hydroxylation sites is 1. The van der Waals surface area contributed by atoms with Crippen LogP contribution in [0.4, 0.5) is 11.4 Å².